The van der Waals surface area contributed by atoms with Crippen LogP contribution >= 0.6 is 0 Å². The minimum Gasteiger partial charge on any atom is -0.480 e. The van der Waals surface area contributed by atoms with E-state index < -0.39 is 0 Å². The first-order valence-electron chi connectivity index (χ1n) is 4.00. The molecule has 0 bridgehead atoms. The number of rotatable bonds is 2. The molecule has 0 aliphatic rings. The van der Waals surface area contributed by atoms with Crippen molar-refractivity contribution >= 4 is 0 Å². The summed E-state index contributed by atoms with van der Waals surface area (Å²) in [5.41, 5.74) is 2.15. The SMILES string of the molecule is CC(C)c1[c-]onc1C(C)C.[V]. The fourth-order valence-corrected chi connectivity index (χ4v) is 1.05. The first kappa shape index (κ1) is 11.8. The van der Waals surface area contributed by atoms with Crippen molar-refractivity contribution in [2.45, 2.75) is 39.5 Å². The van der Waals surface area contributed by atoms with Crippen molar-refractivity contribution < 1.29 is 23.1 Å². The molecule has 1 heterocycles. The molecule has 3 heteroatoms. The number of hydrogen-bond donors (Lipinski definition) is 0. The van der Waals surface area contributed by atoms with Crippen LogP contribution in [-0.4, -0.2) is 5.16 Å². The summed E-state index contributed by atoms with van der Waals surface area (Å²) in [5, 5.41) is 3.91. The van der Waals surface area contributed by atoms with Crippen molar-refractivity contribution in [1.82, 2.24) is 5.16 Å². The van der Waals surface area contributed by atoms with Gasteiger partial charge in [0.05, 0.1) is 0 Å². The van der Waals surface area contributed by atoms with Crippen LogP contribution in [0.2, 0.25) is 0 Å². The van der Waals surface area contributed by atoms with Gasteiger partial charge in [-0.05, 0) is 6.26 Å². The fourth-order valence-electron chi connectivity index (χ4n) is 1.05. The third kappa shape index (κ3) is 2.39. The molecule has 0 fully saturated rings. The molecule has 0 amide bonds. The molecule has 1 aromatic rings. The molecule has 0 aliphatic heterocycles. The molecule has 12 heavy (non-hydrogen) atoms. The van der Waals surface area contributed by atoms with Gasteiger partial charge >= 0.3 is 0 Å². The summed E-state index contributed by atoms with van der Waals surface area (Å²) < 4.78 is 4.79. The van der Waals surface area contributed by atoms with Gasteiger partial charge in [-0.15, -0.1) is 0 Å². The summed E-state index contributed by atoms with van der Waals surface area (Å²) in [7, 11) is 0. The van der Waals surface area contributed by atoms with Crippen LogP contribution in [0.1, 0.15) is 50.8 Å². The Morgan fingerprint density at radius 3 is 2.08 bits per heavy atom. The number of nitrogens with zero attached hydrogens (tertiary/aromatic N) is 1. The van der Waals surface area contributed by atoms with E-state index >= 15 is 0 Å². The summed E-state index contributed by atoms with van der Waals surface area (Å²) in [6.07, 6.45) is 2.80. The van der Waals surface area contributed by atoms with Crippen LogP contribution in [0.3, 0.4) is 0 Å². The maximum absolute atomic E-state index is 4.79. The maximum atomic E-state index is 4.79. The second kappa shape index (κ2) is 4.73. The molecule has 0 aliphatic carbocycles. The van der Waals surface area contributed by atoms with Gasteiger partial charge in [-0.25, -0.2) is 5.16 Å². The molecular weight excluding hydrogens is 189 g/mol. The second-order valence-corrected chi connectivity index (χ2v) is 3.39. The molecule has 0 spiro atoms. The van der Waals surface area contributed by atoms with Crippen molar-refractivity contribution in [3.05, 3.63) is 17.5 Å². The Balaban J connectivity index is 0.00000121. The Morgan fingerprint density at radius 1 is 1.17 bits per heavy atom. The van der Waals surface area contributed by atoms with E-state index in [1.54, 1.807) is 0 Å². The minimum absolute atomic E-state index is 0. The Labute approximate surface area is 85.6 Å². The van der Waals surface area contributed by atoms with Crippen LogP contribution in [0, 0.1) is 6.26 Å². The van der Waals surface area contributed by atoms with Crippen LogP contribution in [-0.2, 0) is 18.6 Å². The zero-order valence-electron chi connectivity index (χ0n) is 7.96. The van der Waals surface area contributed by atoms with E-state index in [1.165, 1.54) is 0 Å². The first-order valence-corrected chi connectivity index (χ1v) is 4.00. The van der Waals surface area contributed by atoms with Crippen LogP contribution in [0.25, 0.3) is 0 Å². The summed E-state index contributed by atoms with van der Waals surface area (Å²) in [5.74, 6) is 0.890. The van der Waals surface area contributed by atoms with E-state index in [-0.39, 0.29) is 18.6 Å². The van der Waals surface area contributed by atoms with E-state index in [9.17, 15) is 0 Å². The van der Waals surface area contributed by atoms with Crippen molar-refractivity contribution in [3.8, 4) is 0 Å². The Morgan fingerprint density at radius 2 is 1.75 bits per heavy atom. The Kier molecular flexibility index (Phi) is 4.65. The summed E-state index contributed by atoms with van der Waals surface area (Å²) in [6, 6.07) is 0. The molecule has 1 rings (SSSR count). The molecule has 1 aromatic heterocycles. The fraction of sp³-hybridized carbons (Fsp3) is 0.667. The van der Waals surface area contributed by atoms with E-state index in [4.69, 9.17) is 4.52 Å². The molecule has 1 radical (unpaired) electrons. The number of aromatic nitrogens is 1. The summed E-state index contributed by atoms with van der Waals surface area (Å²) in [4.78, 5) is 0. The van der Waals surface area contributed by atoms with Gasteiger partial charge in [0.15, 0.2) is 0 Å². The molecule has 0 unspecified atom stereocenters. The van der Waals surface area contributed by atoms with Gasteiger partial charge in [0.2, 0.25) is 0 Å². The maximum Gasteiger partial charge on any atom is 0 e. The van der Waals surface area contributed by atoms with Gasteiger partial charge in [-0.2, -0.15) is 5.56 Å². The largest absolute Gasteiger partial charge is 0.480 e. The third-order valence-corrected chi connectivity index (χ3v) is 1.70. The smallest absolute Gasteiger partial charge is 0 e. The van der Waals surface area contributed by atoms with Gasteiger partial charge in [0.25, 0.3) is 0 Å². The van der Waals surface area contributed by atoms with Crippen LogP contribution in [0.15, 0.2) is 4.52 Å². The standard InChI is InChI=1S/C9H14NO.V/c1-6(2)8-5-11-10-9(8)7(3)4;/h6-7H,1-4H3;/q-1;. The van der Waals surface area contributed by atoms with Gasteiger partial charge in [0.1, 0.15) is 0 Å². The normalized spacial score (nSPS) is 10.5. The average molecular weight is 203 g/mol. The monoisotopic (exact) mass is 203 g/mol. The molecule has 0 N–H and O–H groups in total. The topological polar surface area (TPSA) is 26.0 Å². The third-order valence-electron chi connectivity index (χ3n) is 1.70. The van der Waals surface area contributed by atoms with Crippen LogP contribution < -0.4 is 0 Å². The van der Waals surface area contributed by atoms with E-state index in [1.807, 2.05) is 0 Å². The zero-order chi connectivity index (χ0) is 8.43. The minimum atomic E-state index is 0. The average Bonchev–Trinajstić information content (AvgIpc) is 2.32. The van der Waals surface area contributed by atoms with Gasteiger partial charge in [-0.1, -0.05) is 45.2 Å². The van der Waals surface area contributed by atoms with Crippen LogP contribution in [0.4, 0.5) is 0 Å². The molecule has 2 nitrogen and oxygen atoms in total. The predicted octanol–water partition coefficient (Wildman–Crippen LogP) is 2.72. The molecule has 0 saturated carbocycles. The van der Waals surface area contributed by atoms with E-state index in [0.29, 0.717) is 11.8 Å². The molecular formula is C9H14NOV-. The van der Waals surface area contributed by atoms with Gasteiger partial charge in [0, 0.05) is 18.6 Å². The molecule has 67 valence electrons. The summed E-state index contributed by atoms with van der Waals surface area (Å²) in [6.45, 7) is 8.46. The molecule has 0 atom stereocenters. The van der Waals surface area contributed by atoms with E-state index in [2.05, 4.69) is 39.1 Å². The quantitative estimate of drug-likeness (QED) is 0.690. The zero-order valence-corrected chi connectivity index (χ0v) is 9.35. The Hall–Kier alpha value is -0.206. The number of hydrogen-bond acceptors (Lipinski definition) is 2. The van der Waals surface area contributed by atoms with Crippen LogP contribution in [0.5, 0.6) is 0 Å². The van der Waals surface area contributed by atoms with Crippen molar-refractivity contribution in [1.29, 1.82) is 0 Å². The second-order valence-electron chi connectivity index (χ2n) is 3.39. The predicted molar refractivity (Wildman–Crippen MR) is 43.5 cm³/mol. The van der Waals surface area contributed by atoms with Crippen molar-refractivity contribution in [3.63, 3.8) is 0 Å². The molecule has 0 aromatic carbocycles. The summed E-state index contributed by atoms with van der Waals surface area (Å²) >= 11 is 0. The van der Waals surface area contributed by atoms with Gasteiger partial charge in [-0.3, -0.25) is 0 Å². The van der Waals surface area contributed by atoms with E-state index in [0.717, 1.165) is 11.3 Å². The Bertz CT molecular complexity index is 208. The van der Waals surface area contributed by atoms with Crippen molar-refractivity contribution in [2.24, 2.45) is 0 Å². The molecule has 0 saturated heterocycles. The van der Waals surface area contributed by atoms with Crippen molar-refractivity contribution in [2.75, 3.05) is 0 Å². The first-order chi connectivity index (χ1) is 5.13. The van der Waals surface area contributed by atoms with Gasteiger partial charge < -0.3 is 4.52 Å².